The van der Waals surface area contributed by atoms with E-state index in [4.69, 9.17) is 0 Å². The monoisotopic (exact) mass is 318 g/mol. The molecule has 1 saturated heterocycles. The van der Waals surface area contributed by atoms with Gasteiger partial charge in [-0.05, 0) is 49.6 Å². The van der Waals surface area contributed by atoms with Crippen LogP contribution < -0.4 is 10.6 Å². The van der Waals surface area contributed by atoms with Crippen molar-refractivity contribution in [2.45, 2.75) is 52.6 Å². The van der Waals surface area contributed by atoms with Gasteiger partial charge in [0.15, 0.2) is 0 Å². The summed E-state index contributed by atoms with van der Waals surface area (Å²) in [5.41, 5.74) is 0.389. The second kappa shape index (κ2) is 7.91. The van der Waals surface area contributed by atoms with E-state index in [1.807, 2.05) is 12.4 Å². The van der Waals surface area contributed by atoms with Crippen LogP contribution in [-0.4, -0.2) is 48.6 Å². The van der Waals surface area contributed by atoms with Crippen LogP contribution in [0.25, 0.3) is 0 Å². The van der Waals surface area contributed by atoms with Gasteiger partial charge in [0, 0.05) is 45.0 Å². The smallest absolute Gasteiger partial charge is 0.102 e. The fraction of sp³-hybridized carbons (Fsp3) is 0.684. The molecule has 0 saturated carbocycles. The van der Waals surface area contributed by atoms with Crippen LogP contribution in [0.4, 0.5) is 0 Å². The Morgan fingerprint density at radius 1 is 1.22 bits per heavy atom. The summed E-state index contributed by atoms with van der Waals surface area (Å²) in [7, 11) is 2.22. The molecule has 4 heteroatoms. The SMILES string of the molecule is CC1/C=C\NC=C/C=C(/N(C)C2CCN(CC(C)(C)C)CC2)N1. The normalized spacial score (nSPS) is 27.7. The van der Waals surface area contributed by atoms with E-state index >= 15 is 0 Å². The molecule has 2 rings (SSSR count). The summed E-state index contributed by atoms with van der Waals surface area (Å²) in [6.07, 6.45) is 12.8. The minimum absolute atomic E-state index is 0.317. The number of hydrogen-bond acceptors (Lipinski definition) is 4. The quantitative estimate of drug-likeness (QED) is 0.838. The molecule has 130 valence electrons. The summed E-state index contributed by atoms with van der Waals surface area (Å²) in [6.45, 7) is 12.8. The highest BCUT2D eigenvalue weighted by Gasteiger charge is 2.26. The first-order chi connectivity index (χ1) is 10.8. The van der Waals surface area contributed by atoms with E-state index in [1.54, 1.807) is 0 Å². The molecule has 2 aliphatic rings. The van der Waals surface area contributed by atoms with Crippen LogP contribution in [0.1, 0.15) is 40.5 Å². The third-order valence-corrected chi connectivity index (χ3v) is 4.49. The first-order valence-electron chi connectivity index (χ1n) is 8.86. The average Bonchev–Trinajstić information content (AvgIpc) is 2.58. The molecule has 0 aromatic rings. The van der Waals surface area contributed by atoms with Gasteiger partial charge in [-0.2, -0.15) is 0 Å². The van der Waals surface area contributed by atoms with Crippen LogP contribution in [0, 0.1) is 5.41 Å². The summed E-state index contributed by atoms with van der Waals surface area (Å²) in [5, 5.41) is 6.75. The molecule has 0 bridgehead atoms. The van der Waals surface area contributed by atoms with Crippen LogP contribution in [0.2, 0.25) is 0 Å². The fourth-order valence-corrected chi connectivity index (χ4v) is 3.33. The molecular formula is C19H34N4. The Morgan fingerprint density at radius 2 is 1.91 bits per heavy atom. The van der Waals surface area contributed by atoms with Crippen molar-refractivity contribution in [2.75, 3.05) is 26.7 Å². The topological polar surface area (TPSA) is 30.5 Å². The van der Waals surface area contributed by atoms with E-state index in [-0.39, 0.29) is 0 Å². The van der Waals surface area contributed by atoms with Gasteiger partial charge >= 0.3 is 0 Å². The maximum absolute atomic E-state index is 3.60. The zero-order valence-electron chi connectivity index (χ0n) is 15.5. The maximum Gasteiger partial charge on any atom is 0.102 e. The van der Waals surface area contributed by atoms with Gasteiger partial charge in [0.25, 0.3) is 0 Å². The van der Waals surface area contributed by atoms with Gasteiger partial charge < -0.3 is 20.4 Å². The lowest BCUT2D eigenvalue weighted by Crippen LogP contribution is -2.47. The van der Waals surface area contributed by atoms with Crippen molar-refractivity contribution in [1.82, 2.24) is 20.4 Å². The van der Waals surface area contributed by atoms with Gasteiger partial charge in [-0.15, -0.1) is 0 Å². The molecule has 0 radical (unpaired) electrons. The Morgan fingerprint density at radius 3 is 2.57 bits per heavy atom. The van der Waals surface area contributed by atoms with E-state index in [9.17, 15) is 0 Å². The van der Waals surface area contributed by atoms with Gasteiger partial charge in [-0.25, -0.2) is 0 Å². The molecule has 0 spiro atoms. The zero-order valence-corrected chi connectivity index (χ0v) is 15.5. The molecule has 2 aliphatic heterocycles. The average molecular weight is 319 g/mol. The van der Waals surface area contributed by atoms with Crippen LogP contribution in [0.3, 0.4) is 0 Å². The zero-order chi connectivity index (χ0) is 16.9. The van der Waals surface area contributed by atoms with Gasteiger partial charge in [0.05, 0.1) is 0 Å². The lowest BCUT2D eigenvalue weighted by atomic mass is 9.94. The number of rotatable bonds is 3. The molecule has 1 unspecified atom stereocenters. The van der Waals surface area contributed by atoms with Crippen LogP contribution >= 0.6 is 0 Å². The van der Waals surface area contributed by atoms with E-state index < -0.39 is 0 Å². The summed E-state index contributed by atoms with van der Waals surface area (Å²) in [5.74, 6) is 1.20. The van der Waals surface area contributed by atoms with Gasteiger partial charge in [-0.3, -0.25) is 0 Å². The number of hydrogen-bond donors (Lipinski definition) is 2. The van der Waals surface area contributed by atoms with Crippen molar-refractivity contribution < 1.29 is 0 Å². The number of nitrogens with zero attached hydrogens (tertiary/aromatic N) is 2. The predicted octanol–water partition coefficient (Wildman–Crippen LogP) is 2.88. The molecule has 1 atom stereocenters. The summed E-state index contributed by atoms with van der Waals surface area (Å²) < 4.78 is 0. The molecular weight excluding hydrogens is 284 g/mol. The molecule has 1 fully saturated rings. The Balaban J connectivity index is 1.93. The van der Waals surface area contributed by atoms with Gasteiger partial charge in [0.1, 0.15) is 5.82 Å². The second-order valence-corrected chi connectivity index (χ2v) is 8.05. The molecule has 0 amide bonds. The number of piperidine rings is 1. The first-order valence-corrected chi connectivity index (χ1v) is 8.86. The van der Waals surface area contributed by atoms with Crippen molar-refractivity contribution in [3.63, 3.8) is 0 Å². The fourth-order valence-electron chi connectivity index (χ4n) is 3.33. The molecule has 0 aromatic heterocycles. The third kappa shape index (κ3) is 5.94. The molecule has 0 aromatic carbocycles. The largest absolute Gasteiger partial charge is 0.368 e. The number of nitrogens with one attached hydrogen (secondary N) is 2. The third-order valence-electron chi connectivity index (χ3n) is 4.49. The summed E-state index contributed by atoms with van der Waals surface area (Å²) >= 11 is 0. The van der Waals surface area contributed by atoms with E-state index in [0.29, 0.717) is 17.5 Å². The standard InChI is InChI=1S/C19H34N4/c1-16-8-12-20-11-6-7-18(21-16)22(5)17-9-13-23(14-10-17)15-19(2,3)4/h6-8,11-12,16-17,20-21H,9-10,13-15H2,1-5H3/b11-6?,12-8-,18-7+. The highest BCUT2D eigenvalue weighted by Crippen LogP contribution is 2.22. The van der Waals surface area contributed by atoms with Gasteiger partial charge in [-0.1, -0.05) is 20.8 Å². The van der Waals surface area contributed by atoms with Crippen molar-refractivity contribution in [3.05, 3.63) is 36.4 Å². The minimum Gasteiger partial charge on any atom is -0.368 e. The van der Waals surface area contributed by atoms with Crippen LogP contribution in [0.5, 0.6) is 0 Å². The molecule has 23 heavy (non-hydrogen) atoms. The Labute approximate surface area is 142 Å². The Hall–Kier alpha value is -1.42. The molecule has 2 heterocycles. The van der Waals surface area contributed by atoms with Crippen LogP contribution in [-0.2, 0) is 0 Å². The number of allylic oxidation sites excluding steroid dienone is 2. The van der Waals surface area contributed by atoms with Crippen molar-refractivity contribution >= 4 is 0 Å². The summed E-state index contributed by atoms with van der Waals surface area (Å²) in [6, 6.07) is 0.931. The lowest BCUT2D eigenvalue weighted by Gasteiger charge is -2.41. The number of likely N-dealkylation sites (tertiary alicyclic amines) is 1. The van der Waals surface area contributed by atoms with Crippen LogP contribution in [0.15, 0.2) is 36.4 Å². The second-order valence-electron chi connectivity index (χ2n) is 8.05. The van der Waals surface area contributed by atoms with Gasteiger partial charge in [0.2, 0.25) is 0 Å². The predicted molar refractivity (Wildman–Crippen MR) is 98.8 cm³/mol. The van der Waals surface area contributed by atoms with E-state index in [2.05, 4.69) is 73.4 Å². The lowest BCUT2D eigenvalue weighted by molar-refractivity contribution is 0.113. The summed E-state index contributed by atoms with van der Waals surface area (Å²) in [4.78, 5) is 5.04. The molecule has 4 nitrogen and oxygen atoms in total. The molecule has 2 N–H and O–H groups in total. The Kier molecular flexibility index (Phi) is 6.17. The molecule has 0 aliphatic carbocycles. The highest BCUT2D eigenvalue weighted by molar-refractivity contribution is 5.15. The first kappa shape index (κ1) is 17.9. The van der Waals surface area contributed by atoms with E-state index in [1.165, 1.54) is 38.3 Å². The maximum atomic E-state index is 3.60. The van der Waals surface area contributed by atoms with Crippen molar-refractivity contribution in [2.24, 2.45) is 5.41 Å². The van der Waals surface area contributed by atoms with Crippen molar-refractivity contribution in [1.29, 1.82) is 0 Å². The minimum atomic E-state index is 0.317. The highest BCUT2D eigenvalue weighted by atomic mass is 15.3. The Bertz CT molecular complexity index is 450. The van der Waals surface area contributed by atoms with E-state index in [0.717, 1.165) is 0 Å². The van der Waals surface area contributed by atoms with Crippen molar-refractivity contribution in [3.8, 4) is 0 Å².